The zero-order chi connectivity index (χ0) is 21.3. The summed E-state index contributed by atoms with van der Waals surface area (Å²) in [5.74, 6) is -0.129. The molecule has 1 atom stereocenters. The van der Waals surface area contributed by atoms with Crippen LogP contribution in [0.25, 0.3) is 0 Å². The van der Waals surface area contributed by atoms with Gasteiger partial charge in [0.25, 0.3) is 0 Å². The number of ether oxygens (including phenoxy) is 2. The first-order valence-corrected chi connectivity index (χ1v) is 8.83. The predicted octanol–water partition coefficient (Wildman–Crippen LogP) is 3.49. The van der Waals surface area contributed by atoms with Gasteiger partial charge >= 0.3 is 12.2 Å². The third-order valence-electron chi connectivity index (χ3n) is 4.12. The molecule has 6 nitrogen and oxygen atoms in total. The maximum atomic E-state index is 12.4. The van der Waals surface area contributed by atoms with E-state index < -0.39 is 11.7 Å². The van der Waals surface area contributed by atoms with Crippen molar-refractivity contribution in [1.82, 2.24) is 14.9 Å². The summed E-state index contributed by atoms with van der Waals surface area (Å²) in [6.07, 6.45) is 0.836. The van der Waals surface area contributed by atoms with E-state index >= 15 is 0 Å². The summed E-state index contributed by atoms with van der Waals surface area (Å²) in [5, 5.41) is 0. The van der Waals surface area contributed by atoms with E-state index in [1.54, 1.807) is 23.4 Å². The number of benzene rings is 1. The number of carbonyl (C=O) groups is 1. The van der Waals surface area contributed by atoms with Crippen LogP contribution in [0.5, 0.6) is 6.01 Å². The second kappa shape index (κ2) is 10.6. The lowest BCUT2D eigenvalue weighted by Crippen LogP contribution is -2.28. The topological polar surface area (TPSA) is 64.6 Å². The number of methoxy groups -OCH3 is 1. The third kappa shape index (κ3) is 7.19. The summed E-state index contributed by atoms with van der Waals surface area (Å²) in [7, 11) is 1.54. The number of hydrogen-bond donors (Lipinski definition) is 0. The lowest BCUT2D eigenvalue weighted by molar-refractivity contribution is -0.137. The van der Waals surface area contributed by atoms with Crippen molar-refractivity contribution in [1.29, 1.82) is 0 Å². The SMILES string of the molecule is C=CC(=O)N1CCC(OCc2ccc(C(F)(F)F)cc2)C1.COc1ncccn1. The van der Waals surface area contributed by atoms with Gasteiger partial charge in [-0.1, -0.05) is 18.7 Å². The van der Waals surface area contributed by atoms with Gasteiger partial charge in [0, 0.05) is 25.5 Å². The minimum Gasteiger partial charge on any atom is -0.467 e. The molecule has 0 radical (unpaired) electrons. The Morgan fingerprint density at radius 3 is 2.45 bits per heavy atom. The Labute approximate surface area is 167 Å². The number of rotatable bonds is 5. The number of aromatic nitrogens is 2. The Hall–Kier alpha value is -2.94. The Balaban J connectivity index is 0.000000313. The molecule has 1 aliphatic rings. The van der Waals surface area contributed by atoms with E-state index in [1.165, 1.54) is 25.3 Å². The van der Waals surface area contributed by atoms with Crippen LogP contribution < -0.4 is 4.74 Å². The summed E-state index contributed by atoms with van der Waals surface area (Å²) in [6.45, 7) is 4.77. The molecule has 0 bridgehead atoms. The molecule has 9 heteroatoms. The van der Waals surface area contributed by atoms with Crippen LogP contribution in [0.15, 0.2) is 55.4 Å². The molecule has 0 spiro atoms. The van der Waals surface area contributed by atoms with Crippen LogP contribution in [-0.4, -0.2) is 47.1 Å². The first kappa shape index (κ1) is 22.4. The first-order valence-electron chi connectivity index (χ1n) is 8.83. The Morgan fingerprint density at radius 1 is 1.28 bits per heavy atom. The molecule has 2 heterocycles. The number of carbonyl (C=O) groups excluding carboxylic acids is 1. The standard InChI is InChI=1S/C15H16F3NO2.C5H6N2O/c1-2-14(20)19-8-7-13(9-19)21-10-11-3-5-12(6-4-11)15(16,17)18;1-8-5-6-3-2-4-7-5/h2-6,13H,1,7-10H2;2-4H,1H3. The molecule has 1 aliphatic heterocycles. The second-order valence-electron chi connectivity index (χ2n) is 6.14. The van der Waals surface area contributed by atoms with E-state index in [2.05, 4.69) is 16.5 Å². The number of hydrogen-bond acceptors (Lipinski definition) is 5. The molecule has 29 heavy (non-hydrogen) atoms. The van der Waals surface area contributed by atoms with Gasteiger partial charge in [-0.25, -0.2) is 9.97 Å². The molecule has 1 aromatic carbocycles. The molecule has 2 aromatic rings. The van der Waals surface area contributed by atoms with Crippen LogP contribution >= 0.6 is 0 Å². The summed E-state index contributed by atoms with van der Waals surface area (Å²) in [5.41, 5.74) is 0.00590. The summed E-state index contributed by atoms with van der Waals surface area (Å²) in [4.78, 5) is 20.6. The zero-order valence-electron chi connectivity index (χ0n) is 15.9. The van der Waals surface area contributed by atoms with Crippen molar-refractivity contribution in [2.75, 3.05) is 20.2 Å². The van der Waals surface area contributed by atoms with Gasteiger partial charge in [-0.05, 0) is 36.3 Å². The van der Waals surface area contributed by atoms with Crippen molar-refractivity contribution >= 4 is 5.91 Å². The average molecular weight is 409 g/mol. The molecule has 3 rings (SSSR count). The van der Waals surface area contributed by atoms with E-state index in [0.29, 0.717) is 24.7 Å². The van der Waals surface area contributed by atoms with Gasteiger partial charge in [-0.15, -0.1) is 0 Å². The van der Waals surface area contributed by atoms with Crippen LogP contribution in [0.3, 0.4) is 0 Å². The van der Waals surface area contributed by atoms with Crippen LogP contribution in [0.2, 0.25) is 0 Å². The highest BCUT2D eigenvalue weighted by atomic mass is 19.4. The second-order valence-corrected chi connectivity index (χ2v) is 6.14. The fraction of sp³-hybridized carbons (Fsp3) is 0.350. The fourth-order valence-electron chi connectivity index (χ4n) is 2.59. The minimum absolute atomic E-state index is 0.0869. The maximum absolute atomic E-state index is 12.4. The molecule has 1 fully saturated rings. The van der Waals surface area contributed by atoms with Gasteiger partial charge in [0.15, 0.2) is 0 Å². The third-order valence-corrected chi connectivity index (χ3v) is 4.12. The highest BCUT2D eigenvalue weighted by Gasteiger charge is 2.30. The number of nitrogens with zero attached hydrogens (tertiary/aromatic N) is 3. The average Bonchev–Trinajstić information content (AvgIpc) is 3.21. The molecule has 0 N–H and O–H groups in total. The fourth-order valence-corrected chi connectivity index (χ4v) is 2.59. The lowest BCUT2D eigenvalue weighted by Gasteiger charge is -2.15. The Morgan fingerprint density at radius 2 is 1.93 bits per heavy atom. The van der Waals surface area contributed by atoms with Gasteiger partial charge < -0.3 is 14.4 Å². The quantitative estimate of drug-likeness (QED) is 0.708. The van der Waals surface area contributed by atoms with E-state index in [0.717, 1.165) is 18.6 Å². The zero-order valence-corrected chi connectivity index (χ0v) is 15.9. The number of likely N-dealkylation sites (tertiary alicyclic amines) is 1. The van der Waals surface area contributed by atoms with E-state index in [1.807, 2.05) is 0 Å². The smallest absolute Gasteiger partial charge is 0.416 e. The minimum atomic E-state index is -4.32. The number of halogens is 3. The molecule has 1 amide bonds. The lowest BCUT2D eigenvalue weighted by atomic mass is 10.1. The van der Waals surface area contributed by atoms with Gasteiger partial charge in [0.1, 0.15) is 0 Å². The summed E-state index contributed by atoms with van der Waals surface area (Å²) in [6, 6.07) is 7.05. The van der Waals surface area contributed by atoms with Crippen LogP contribution in [-0.2, 0) is 22.3 Å². The van der Waals surface area contributed by atoms with Crippen LogP contribution in [0, 0.1) is 0 Å². The maximum Gasteiger partial charge on any atom is 0.416 e. The largest absolute Gasteiger partial charge is 0.467 e. The molecular formula is C20H22F3N3O3. The Kier molecular flexibility index (Phi) is 8.14. The van der Waals surface area contributed by atoms with Gasteiger partial charge in [0.2, 0.25) is 5.91 Å². The van der Waals surface area contributed by atoms with E-state index in [9.17, 15) is 18.0 Å². The van der Waals surface area contributed by atoms with Gasteiger partial charge in [-0.3, -0.25) is 4.79 Å². The van der Waals surface area contributed by atoms with Gasteiger partial charge in [0.05, 0.1) is 25.4 Å². The first-order chi connectivity index (χ1) is 13.8. The Bertz CT molecular complexity index is 783. The molecule has 1 unspecified atom stereocenters. The highest BCUT2D eigenvalue weighted by Crippen LogP contribution is 2.29. The monoisotopic (exact) mass is 409 g/mol. The summed E-state index contributed by atoms with van der Waals surface area (Å²) >= 11 is 0. The normalized spacial score (nSPS) is 16.0. The number of alkyl halides is 3. The molecule has 0 aliphatic carbocycles. The molecule has 1 saturated heterocycles. The molecule has 0 saturated carbocycles. The van der Waals surface area contributed by atoms with Crippen LogP contribution in [0.4, 0.5) is 13.2 Å². The number of amides is 1. The van der Waals surface area contributed by atoms with Crippen molar-refractivity contribution in [3.05, 3.63) is 66.5 Å². The molecular weight excluding hydrogens is 387 g/mol. The van der Waals surface area contributed by atoms with Crippen molar-refractivity contribution in [3.8, 4) is 6.01 Å². The van der Waals surface area contributed by atoms with Crippen molar-refractivity contribution in [3.63, 3.8) is 0 Å². The molecule has 156 valence electrons. The summed E-state index contributed by atoms with van der Waals surface area (Å²) < 4.78 is 47.6. The molecule has 1 aromatic heterocycles. The van der Waals surface area contributed by atoms with Crippen molar-refractivity contribution < 1.29 is 27.4 Å². The van der Waals surface area contributed by atoms with Crippen LogP contribution in [0.1, 0.15) is 17.5 Å². The van der Waals surface area contributed by atoms with E-state index in [4.69, 9.17) is 9.47 Å². The highest BCUT2D eigenvalue weighted by molar-refractivity contribution is 5.87. The van der Waals surface area contributed by atoms with E-state index in [-0.39, 0.29) is 18.6 Å². The van der Waals surface area contributed by atoms with Crippen molar-refractivity contribution in [2.24, 2.45) is 0 Å². The van der Waals surface area contributed by atoms with Crippen molar-refractivity contribution in [2.45, 2.75) is 25.3 Å². The predicted molar refractivity (Wildman–Crippen MR) is 100.0 cm³/mol. The van der Waals surface area contributed by atoms with Gasteiger partial charge in [-0.2, -0.15) is 13.2 Å².